The van der Waals surface area contributed by atoms with Gasteiger partial charge in [0.15, 0.2) is 0 Å². The third-order valence-electron chi connectivity index (χ3n) is 4.62. The molecule has 0 saturated carbocycles. The molecule has 1 N–H and O–H groups in total. The van der Waals surface area contributed by atoms with Crippen LogP contribution in [-0.2, 0) is 25.6 Å². The lowest BCUT2D eigenvalue weighted by Crippen LogP contribution is -2.27. The van der Waals surface area contributed by atoms with E-state index in [1.807, 2.05) is 30.3 Å². The fourth-order valence-electron chi connectivity index (χ4n) is 2.86. The van der Waals surface area contributed by atoms with Gasteiger partial charge in [-0.1, -0.05) is 42.0 Å². The molecule has 1 aromatic carbocycles. The van der Waals surface area contributed by atoms with Crippen molar-refractivity contribution in [1.29, 1.82) is 0 Å². The summed E-state index contributed by atoms with van der Waals surface area (Å²) in [6.07, 6.45) is 8.36. The Kier molecular flexibility index (Phi) is 9.64. The lowest BCUT2D eigenvalue weighted by molar-refractivity contribution is -0.134. The van der Waals surface area contributed by atoms with Gasteiger partial charge in [0, 0.05) is 6.08 Å². The smallest absolute Gasteiger partial charge is 0.330 e. The van der Waals surface area contributed by atoms with Crippen LogP contribution in [-0.4, -0.2) is 50.2 Å². The Balaban J connectivity index is 1.99. The Morgan fingerprint density at radius 1 is 1.31 bits per heavy atom. The number of carbonyl (C=O) groups is 1. The second-order valence-electron chi connectivity index (χ2n) is 6.86. The highest BCUT2D eigenvalue weighted by Crippen LogP contribution is 2.18. The molecule has 0 spiro atoms. The topological polar surface area (TPSA) is 74.2 Å². The van der Waals surface area contributed by atoms with Crippen LogP contribution in [0.3, 0.4) is 0 Å². The Hall–Kier alpha value is -2.41. The number of carbonyl (C=O) groups excluding carboxylic acids is 1. The van der Waals surface area contributed by atoms with Gasteiger partial charge in [0.2, 0.25) is 0 Å². The minimum Gasteiger partial charge on any atom is -0.497 e. The van der Waals surface area contributed by atoms with Crippen LogP contribution in [0.4, 0.5) is 0 Å². The van der Waals surface area contributed by atoms with Crippen molar-refractivity contribution in [2.24, 2.45) is 0 Å². The van der Waals surface area contributed by atoms with Crippen molar-refractivity contribution in [3.05, 3.63) is 65.8 Å². The first-order valence-electron chi connectivity index (χ1n) is 9.64. The molecule has 0 saturated heterocycles. The largest absolute Gasteiger partial charge is 0.497 e. The van der Waals surface area contributed by atoms with Gasteiger partial charge in [-0.3, -0.25) is 0 Å². The Morgan fingerprint density at radius 3 is 2.72 bits per heavy atom. The molecular weight excluding hydrogens is 372 g/mol. The van der Waals surface area contributed by atoms with Crippen molar-refractivity contribution < 1.29 is 28.8 Å². The standard InChI is InChI=1S/C23H30O6/c1-17-13-14-28-20(15-17)11-12-21(24)22(5-4-6-23(25)27-3)29-16-18-7-9-19(26-2)10-8-18/h4,6-13,20-22,24H,5,14-16H2,1-3H3/t20-,21?,22+/m1/s1. The summed E-state index contributed by atoms with van der Waals surface area (Å²) < 4.78 is 21.4. The van der Waals surface area contributed by atoms with Crippen molar-refractivity contribution >= 4 is 5.97 Å². The number of hydrogen-bond acceptors (Lipinski definition) is 6. The van der Waals surface area contributed by atoms with E-state index in [1.165, 1.54) is 18.8 Å². The van der Waals surface area contributed by atoms with E-state index in [0.717, 1.165) is 17.7 Å². The van der Waals surface area contributed by atoms with Gasteiger partial charge < -0.3 is 24.1 Å². The van der Waals surface area contributed by atoms with Crippen molar-refractivity contribution in [3.8, 4) is 5.75 Å². The van der Waals surface area contributed by atoms with E-state index < -0.39 is 18.2 Å². The summed E-state index contributed by atoms with van der Waals surface area (Å²) in [5.41, 5.74) is 2.23. The van der Waals surface area contributed by atoms with Gasteiger partial charge in [0.1, 0.15) is 5.75 Å². The summed E-state index contributed by atoms with van der Waals surface area (Å²) in [7, 11) is 2.94. The zero-order chi connectivity index (χ0) is 21.1. The molecule has 0 radical (unpaired) electrons. The molecule has 3 atom stereocenters. The predicted octanol–water partition coefficient (Wildman–Crippen LogP) is 3.35. The highest BCUT2D eigenvalue weighted by Gasteiger charge is 2.18. The van der Waals surface area contributed by atoms with Crippen LogP contribution < -0.4 is 4.74 Å². The first-order valence-corrected chi connectivity index (χ1v) is 9.64. The number of benzene rings is 1. The van der Waals surface area contributed by atoms with E-state index in [4.69, 9.17) is 14.2 Å². The van der Waals surface area contributed by atoms with Crippen LogP contribution in [0.25, 0.3) is 0 Å². The van der Waals surface area contributed by atoms with E-state index in [2.05, 4.69) is 17.7 Å². The fourth-order valence-corrected chi connectivity index (χ4v) is 2.86. The Bertz CT molecular complexity index is 719. The molecule has 0 fully saturated rings. The molecule has 1 aromatic rings. The maximum absolute atomic E-state index is 11.3. The molecule has 1 aliphatic heterocycles. The third-order valence-corrected chi connectivity index (χ3v) is 4.62. The average Bonchev–Trinajstić information content (AvgIpc) is 2.74. The zero-order valence-electron chi connectivity index (χ0n) is 17.2. The summed E-state index contributed by atoms with van der Waals surface area (Å²) in [4.78, 5) is 11.3. The van der Waals surface area contributed by atoms with E-state index in [0.29, 0.717) is 19.6 Å². The SMILES string of the molecule is COC(=O)C=CC[C@H](OCc1ccc(OC)cc1)C(O)C=C[C@@H]1CC(C)=CCO1. The molecule has 1 unspecified atom stereocenters. The van der Waals surface area contributed by atoms with Gasteiger partial charge in [0.05, 0.1) is 45.7 Å². The number of ether oxygens (including phenoxy) is 4. The predicted molar refractivity (Wildman–Crippen MR) is 111 cm³/mol. The maximum Gasteiger partial charge on any atom is 0.330 e. The number of aliphatic hydroxyl groups excluding tert-OH is 1. The van der Waals surface area contributed by atoms with Gasteiger partial charge in [-0.15, -0.1) is 0 Å². The highest BCUT2D eigenvalue weighted by molar-refractivity contribution is 5.81. The Labute approximate surface area is 172 Å². The molecule has 0 bridgehead atoms. The van der Waals surface area contributed by atoms with Gasteiger partial charge in [0.25, 0.3) is 0 Å². The molecule has 0 aromatic heterocycles. The molecular formula is C23H30O6. The summed E-state index contributed by atoms with van der Waals surface area (Å²) in [5.74, 6) is 0.327. The molecule has 1 aliphatic rings. The molecule has 0 aliphatic carbocycles. The number of hydrogen-bond donors (Lipinski definition) is 1. The highest BCUT2D eigenvalue weighted by atomic mass is 16.5. The fraction of sp³-hybridized carbons (Fsp3) is 0.435. The van der Waals surface area contributed by atoms with Gasteiger partial charge in [-0.2, -0.15) is 0 Å². The minimum atomic E-state index is -0.842. The summed E-state index contributed by atoms with van der Waals surface area (Å²) in [5, 5.41) is 10.6. The summed E-state index contributed by atoms with van der Waals surface area (Å²) in [6.45, 7) is 2.97. The molecule has 2 rings (SSSR count). The van der Waals surface area contributed by atoms with Crippen molar-refractivity contribution in [1.82, 2.24) is 0 Å². The quantitative estimate of drug-likeness (QED) is 0.368. The lowest BCUT2D eigenvalue weighted by Gasteiger charge is -2.22. The van der Waals surface area contributed by atoms with Crippen LogP contribution in [0.5, 0.6) is 5.75 Å². The van der Waals surface area contributed by atoms with E-state index in [-0.39, 0.29) is 6.10 Å². The van der Waals surface area contributed by atoms with Crippen LogP contribution in [0.15, 0.2) is 60.2 Å². The average molecular weight is 402 g/mol. The molecule has 6 heteroatoms. The van der Waals surface area contributed by atoms with Crippen molar-refractivity contribution in [3.63, 3.8) is 0 Å². The van der Waals surface area contributed by atoms with Crippen molar-refractivity contribution in [2.45, 2.75) is 44.7 Å². The van der Waals surface area contributed by atoms with E-state index in [9.17, 15) is 9.90 Å². The molecule has 29 heavy (non-hydrogen) atoms. The van der Waals surface area contributed by atoms with Gasteiger partial charge in [-0.25, -0.2) is 4.79 Å². The first-order chi connectivity index (χ1) is 14.0. The molecule has 0 amide bonds. The number of aliphatic hydroxyl groups is 1. The second kappa shape index (κ2) is 12.2. The van der Waals surface area contributed by atoms with Crippen LogP contribution >= 0.6 is 0 Å². The zero-order valence-corrected chi connectivity index (χ0v) is 17.2. The third kappa shape index (κ3) is 8.23. The summed E-state index contributed by atoms with van der Waals surface area (Å²) in [6, 6.07) is 7.54. The first kappa shape index (κ1) is 22.9. The second-order valence-corrected chi connectivity index (χ2v) is 6.86. The summed E-state index contributed by atoms with van der Waals surface area (Å²) >= 11 is 0. The molecule has 1 heterocycles. The monoisotopic (exact) mass is 402 g/mol. The van der Waals surface area contributed by atoms with Crippen LogP contribution in [0.1, 0.15) is 25.3 Å². The number of rotatable bonds is 10. The molecule has 6 nitrogen and oxygen atoms in total. The molecule has 158 valence electrons. The van der Waals surface area contributed by atoms with Crippen molar-refractivity contribution in [2.75, 3.05) is 20.8 Å². The van der Waals surface area contributed by atoms with E-state index in [1.54, 1.807) is 19.3 Å². The maximum atomic E-state index is 11.3. The number of esters is 1. The van der Waals surface area contributed by atoms with Crippen LogP contribution in [0, 0.1) is 0 Å². The van der Waals surface area contributed by atoms with Crippen LogP contribution in [0.2, 0.25) is 0 Å². The van der Waals surface area contributed by atoms with Gasteiger partial charge in [-0.05, 0) is 37.5 Å². The van der Waals surface area contributed by atoms with Gasteiger partial charge >= 0.3 is 5.97 Å². The minimum absolute atomic E-state index is 0.0532. The van der Waals surface area contributed by atoms with E-state index >= 15 is 0 Å². The normalized spacial score (nSPS) is 19.2. The lowest BCUT2D eigenvalue weighted by atomic mass is 10.0. The Morgan fingerprint density at radius 2 is 2.07 bits per heavy atom. The number of methoxy groups -OCH3 is 2.